The molecule has 1 aromatic carbocycles. The van der Waals surface area contributed by atoms with E-state index in [1.165, 1.54) is 0 Å². The average molecular weight is 340 g/mol. The second-order valence-electron chi connectivity index (χ2n) is 6.35. The van der Waals surface area contributed by atoms with Crippen LogP contribution in [0.5, 0.6) is 0 Å². The minimum atomic E-state index is -0.150. The number of aromatic nitrogens is 2. The summed E-state index contributed by atoms with van der Waals surface area (Å²) in [4.78, 5) is 28.5. The van der Waals surface area contributed by atoms with Crippen molar-refractivity contribution in [2.75, 3.05) is 19.6 Å². The first-order valence-electron chi connectivity index (χ1n) is 8.75. The van der Waals surface area contributed by atoms with Crippen LogP contribution in [0.25, 0.3) is 0 Å². The van der Waals surface area contributed by atoms with Gasteiger partial charge in [0.2, 0.25) is 5.91 Å². The number of carbonyl (C=O) groups is 2. The molecule has 1 saturated heterocycles. The van der Waals surface area contributed by atoms with E-state index in [2.05, 4.69) is 12.0 Å². The number of hydrogen-bond acceptors (Lipinski definition) is 3. The molecule has 0 spiro atoms. The van der Waals surface area contributed by atoms with Gasteiger partial charge in [-0.25, -0.2) is 0 Å². The van der Waals surface area contributed by atoms with Crippen LogP contribution >= 0.6 is 0 Å². The van der Waals surface area contributed by atoms with Crippen molar-refractivity contribution in [1.82, 2.24) is 19.6 Å². The minimum absolute atomic E-state index is 0.0419. The average Bonchev–Trinajstić information content (AvgIpc) is 3.10. The summed E-state index contributed by atoms with van der Waals surface area (Å²) in [6, 6.07) is 11.5. The molecular formula is C19H24N4O2. The van der Waals surface area contributed by atoms with Crippen LogP contribution in [0.15, 0.2) is 42.6 Å². The van der Waals surface area contributed by atoms with Gasteiger partial charge < -0.3 is 9.80 Å². The quantitative estimate of drug-likeness (QED) is 0.858. The Balaban J connectivity index is 1.86. The predicted octanol–water partition coefficient (Wildman–Crippen LogP) is 2.34. The highest BCUT2D eigenvalue weighted by atomic mass is 16.2. The van der Waals surface area contributed by atoms with Crippen LogP contribution in [0.2, 0.25) is 0 Å². The lowest BCUT2D eigenvalue weighted by molar-refractivity contribution is -0.131. The molecule has 1 fully saturated rings. The van der Waals surface area contributed by atoms with Gasteiger partial charge in [-0.05, 0) is 18.1 Å². The highest BCUT2D eigenvalue weighted by molar-refractivity contribution is 5.92. The number of amides is 2. The third-order valence-electron chi connectivity index (χ3n) is 4.58. The molecule has 2 amide bonds. The Morgan fingerprint density at radius 1 is 1.16 bits per heavy atom. The van der Waals surface area contributed by atoms with E-state index < -0.39 is 0 Å². The Kier molecular flexibility index (Phi) is 5.16. The molecule has 2 heterocycles. The summed E-state index contributed by atoms with van der Waals surface area (Å²) in [6.45, 7) is 6.04. The summed E-state index contributed by atoms with van der Waals surface area (Å²) in [5.41, 5.74) is 1.50. The third kappa shape index (κ3) is 3.73. The van der Waals surface area contributed by atoms with Crippen molar-refractivity contribution >= 4 is 11.8 Å². The number of rotatable bonds is 4. The number of hydrogen-bond donors (Lipinski definition) is 0. The maximum Gasteiger partial charge on any atom is 0.274 e. The van der Waals surface area contributed by atoms with Gasteiger partial charge in [-0.15, -0.1) is 0 Å². The molecule has 1 unspecified atom stereocenters. The van der Waals surface area contributed by atoms with Crippen molar-refractivity contribution in [3.8, 4) is 0 Å². The first-order chi connectivity index (χ1) is 12.1. The van der Waals surface area contributed by atoms with E-state index in [1.807, 2.05) is 41.4 Å². The molecule has 6 heteroatoms. The van der Waals surface area contributed by atoms with Gasteiger partial charge in [0.15, 0.2) is 0 Å². The maximum absolute atomic E-state index is 13.0. The van der Waals surface area contributed by atoms with Gasteiger partial charge in [0.25, 0.3) is 5.91 Å². The molecule has 0 aliphatic carbocycles. The van der Waals surface area contributed by atoms with E-state index in [0.717, 1.165) is 18.5 Å². The Hall–Kier alpha value is -2.63. The van der Waals surface area contributed by atoms with Gasteiger partial charge >= 0.3 is 0 Å². The number of aryl methyl sites for hydroxylation is 1. The van der Waals surface area contributed by atoms with Crippen molar-refractivity contribution in [2.45, 2.75) is 32.9 Å². The van der Waals surface area contributed by atoms with Crippen LogP contribution in [0.3, 0.4) is 0 Å². The van der Waals surface area contributed by atoms with Crippen LogP contribution < -0.4 is 0 Å². The van der Waals surface area contributed by atoms with Gasteiger partial charge in [0, 0.05) is 39.3 Å². The fourth-order valence-electron chi connectivity index (χ4n) is 3.25. The molecule has 1 aliphatic heterocycles. The van der Waals surface area contributed by atoms with Crippen LogP contribution in [0.1, 0.15) is 42.4 Å². The lowest BCUT2D eigenvalue weighted by atomic mass is 10.0. The van der Waals surface area contributed by atoms with E-state index in [4.69, 9.17) is 0 Å². The summed E-state index contributed by atoms with van der Waals surface area (Å²) >= 11 is 0. The standard InChI is InChI=1S/C19H24N4O2/c1-3-10-22-11-9-17(20-22)19(25)23-13-12-21(15(2)24)14-18(23)16-7-5-4-6-8-16/h4-9,11,18H,3,10,12-14H2,1-2H3. The summed E-state index contributed by atoms with van der Waals surface area (Å²) in [7, 11) is 0. The van der Waals surface area contributed by atoms with Gasteiger partial charge in [-0.2, -0.15) is 5.10 Å². The molecule has 0 radical (unpaired) electrons. The second kappa shape index (κ2) is 7.51. The second-order valence-corrected chi connectivity index (χ2v) is 6.35. The molecule has 132 valence electrons. The molecule has 25 heavy (non-hydrogen) atoms. The molecule has 0 N–H and O–H groups in total. The Morgan fingerprint density at radius 2 is 1.92 bits per heavy atom. The van der Waals surface area contributed by atoms with E-state index >= 15 is 0 Å². The topological polar surface area (TPSA) is 58.4 Å². The molecule has 3 rings (SSSR count). The molecule has 6 nitrogen and oxygen atoms in total. The van der Waals surface area contributed by atoms with Gasteiger partial charge in [0.05, 0.1) is 6.04 Å². The monoisotopic (exact) mass is 340 g/mol. The maximum atomic E-state index is 13.0. The number of benzene rings is 1. The highest BCUT2D eigenvalue weighted by Crippen LogP contribution is 2.27. The van der Waals surface area contributed by atoms with E-state index in [9.17, 15) is 9.59 Å². The molecule has 2 aromatic rings. The molecule has 1 aromatic heterocycles. The first-order valence-corrected chi connectivity index (χ1v) is 8.75. The molecule has 1 aliphatic rings. The predicted molar refractivity (Wildman–Crippen MR) is 95.0 cm³/mol. The number of piperazine rings is 1. The summed E-state index contributed by atoms with van der Waals surface area (Å²) in [5.74, 6) is -0.0350. The normalized spacial score (nSPS) is 17.6. The largest absolute Gasteiger partial charge is 0.339 e. The SMILES string of the molecule is CCCn1ccc(C(=O)N2CCN(C(C)=O)CC2c2ccccc2)n1. The Morgan fingerprint density at radius 3 is 2.60 bits per heavy atom. The fourth-order valence-corrected chi connectivity index (χ4v) is 3.25. The Bertz CT molecular complexity index is 741. The molecular weight excluding hydrogens is 316 g/mol. The Labute approximate surface area is 148 Å². The van der Waals surface area contributed by atoms with Crippen molar-refractivity contribution < 1.29 is 9.59 Å². The smallest absolute Gasteiger partial charge is 0.274 e. The number of nitrogens with zero attached hydrogens (tertiary/aromatic N) is 4. The van der Waals surface area contributed by atoms with Gasteiger partial charge in [-0.1, -0.05) is 37.3 Å². The third-order valence-corrected chi connectivity index (χ3v) is 4.58. The highest BCUT2D eigenvalue weighted by Gasteiger charge is 2.33. The zero-order chi connectivity index (χ0) is 17.8. The fraction of sp³-hybridized carbons (Fsp3) is 0.421. The minimum Gasteiger partial charge on any atom is -0.339 e. The lowest BCUT2D eigenvalue weighted by Crippen LogP contribution is -2.52. The van der Waals surface area contributed by atoms with E-state index in [-0.39, 0.29) is 17.9 Å². The van der Waals surface area contributed by atoms with Crippen molar-refractivity contribution in [3.63, 3.8) is 0 Å². The molecule has 0 saturated carbocycles. The van der Waals surface area contributed by atoms with Crippen LogP contribution in [0, 0.1) is 0 Å². The summed E-state index contributed by atoms with van der Waals surface area (Å²) in [5, 5.41) is 4.40. The van der Waals surface area contributed by atoms with Crippen LogP contribution in [-0.2, 0) is 11.3 Å². The van der Waals surface area contributed by atoms with Crippen molar-refractivity contribution in [1.29, 1.82) is 0 Å². The van der Waals surface area contributed by atoms with Gasteiger partial charge in [-0.3, -0.25) is 14.3 Å². The summed E-state index contributed by atoms with van der Waals surface area (Å²) < 4.78 is 1.80. The van der Waals surface area contributed by atoms with E-state index in [0.29, 0.717) is 25.3 Å². The van der Waals surface area contributed by atoms with Gasteiger partial charge in [0.1, 0.15) is 5.69 Å². The zero-order valence-corrected chi connectivity index (χ0v) is 14.8. The lowest BCUT2D eigenvalue weighted by Gasteiger charge is -2.41. The van der Waals surface area contributed by atoms with Crippen LogP contribution in [-0.4, -0.2) is 51.0 Å². The zero-order valence-electron chi connectivity index (χ0n) is 14.8. The van der Waals surface area contributed by atoms with E-state index in [1.54, 1.807) is 22.6 Å². The van der Waals surface area contributed by atoms with Crippen LogP contribution in [0.4, 0.5) is 0 Å². The molecule has 1 atom stereocenters. The molecule has 0 bridgehead atoms. The summed E-state index contributed by atoms with van der Waals surface area (Å²) in [6.07, 6.45) is 2.82. The first kappa shape index (κ1) is 17.2. The number of carbonyl (C=O) groups excluding carboxylic acids is 2. The van der Waals surface area contributed by atoms with Crippen molar-refractivity contribution in [2.24, 2.45) is 0 Å². The van der Waals surface area contributed by atoms with Crippen molar-refractivity contribution in [3.05, 3.63) is 53.9 Å².